The Bertz CT molecular complexity index is 1110. The number of methoxy groups -OCH3 is 2. The summed E-state index contributed by atoms with van der Waals surface area (Å²) in [5, 5.41) is 5.94. The molecule has 0 radical (unpaired) electrons. The highest BCUT2D eigenvalue weighted by atomic mass is 32.1. The lowest BCUT2D eigenvalue weighted by Gasteiger charge is -2.28. The number of aromatic nitrogens is 1. The number of nitrogens with zero attached hydrogens (tertiary/aromatic N) is 1. The van der Waals surface area contributed by atoms with Gasteiger partial charge in [-0.1, -0.05) is 17.7 Å². The standard InChI is InChI=1S/C24H26N2O4S/c1-14-9-15(2)23-18(10-14)19(7-8-30-23)26-22(27)12-17-13-31-24(25-17)16-5-6-20(28-3)21(11-16)29-4/h5-6,9-11,13,19H,7-8,12H2,1-4H3,(H,26,27). The van der Waals surface area contributed by atoms with Crippen LogP contribution in [0.25, 0.3) is 10.6 Å². The normalized spacial score (nSPS) is 15.0. The van der Waals surface area contributed by atoms with Gasteiger partial charge in [0, 0.05) is 22.9 Å². The molecule has 1 N–H and O–H groups in total. The van der Waals surface area contributed by atoms with Gasteiger partial charge in [-0.25, -0.2) is 4.98 Å². The number of rotatable bonds is 6. The summed E-state index contributed by atoms with van der Waals surface area (Å²) in [4.78, 5) is 17.4. The molecule has 162 valence electrons. The number of amides is 1. The highest BCUT2D eigenvalue weighted by Crippen LogP contribution is 2.36. The minimum absolute atomic E-state index is 0.0406. The Morgan fingerprint density at radius 2 is 2.00 bits per heavy atom. The maximum absolute atomic E-state index is 12.8. The third-order valence-electron chi connectivity index (χ3n) is 5.34. The van der Waals surface area contributed by atoms with Crippen molar-refractivity contribution in [2.75, 3.05) is 20.8 Å². The third-order valence-corrected chi connectivity index (χ3v) is 6.28. The first-order valence-corrected chi connectivity index (χ1v) is 11.1. The molecule has 31 heavy (non-hydrogen) atoms. The van der Waals surface area contributed by atoms with Gasteiger partial charge in [0.25, 0.3) is 0 Å². The number of benzene rings is 2. The van der Waals surface area contributed by atoms with Crippen molar-refractivity contribution in [3.05, 3.63) is 58.1 Å². The van der Waals surface area contributed by atoms with E-state index in [2.05, 4.69) is 29.4 Å². The predicted molar refractivity (Wildman–Crippen MR) is 121 cm³/mol. The fourth-order valence-corrected chi connectivity index (χ4v) is 4.74. The predicted octanol–water partition coefficient (Wildman–Crippen LogP) is 4.63. The van der Waals surface area contributed by atoms with E-state index in [1.165, 1.54) is 16.9 Å². The first-order chi connectivity index (χ1) is 15.0. The molecule has 0 bridgehead atoms. The number of hydrogen-bond donors (Lipinski definition) is 1. The molecule has 1 unspecified atom stereocenters. The van der Waals surface area contributed by atoms with Gasteiger partial charge in [-0.3, -0.25) is 4.79 Å². The smallest absolute Gasteiger partial charge is 0.226 e. The van der Waals surface area contributed by atoms with Crippen molar-refractivity contribution < 1.29 is 19.0 Å². The fraction of sp³-hybridized carbons (Fsp3) is 0.333. The zero-order valence-electron chi connectivity index (χ0n) is 18.2. The van der Waals surface area contributed by atoms with Crippen molar-refractivity contribution in [3.8, 4) is 27.8 Å². The van der Waals surface area contributed by atoms with Crippen LogP contribution in [0.4, 0.5) is 0 Å². The number of carbonyl (C=O) groups excluding carboxylic acids is 1. The lowest BCUT2D eigenvalue weighted by atomic mass is 9.95. The number of carbonyl (C=O) groups is 1. The molecule has 7 heteroatoms. The van der Waals surface area contributed by atoms with Crippen molar-refractivity contribution >= 4 is 17.2 Å². The minimum atomic E-state index is -0.0428. The number of nitrogens with one attached hydrogen (secondary N) is 1. The zero-order valence-corrected chi connectivity index (χ0v) is 19.0. The quantitative estimate of drug-likeness (QED) is 0.608. The van der Waals surface area contributed by atoms with Gasteiger partial charge in [0.2, 0.25) is 5.91 Å². The molecular formula is C24H26N2O4S. The highest BCUT2D eigenvalue weighted by molar-refractivity contribution is 7.13. The zero-order chi connectivity index (χ0) is 22.0. The van der Waals surface area contributed by atoms with Crippen LogP contribution < -0.4 is 19.5 Å². The first kappa shape index (κ1) is 21.2. The SMILES string of the molecule is COc1ccc(-c2nc(CC(=O)NC3CCOc4c(C)cc(C)cc43)cs2)cc1OC. The number of hydrogen-bond acceptors (Lipinski definition) is 6. The minimum Gasteiger partial charge on any atom is -0.493 e. The van der Waals surface area contributed by atoms with Crippen LogP contribution >= 0.6 is 11.3 Å². The van der Waals surface area contributed by atoms with Crippen LogP contribution in [0, 0.1) is 13.8 Å². The van der Waals surface area contributed by atoms with Crippen molar-refractivity contribution in [1.82, 2.24) is 10.3 Å². The molecule has 1 atom stereocenters. The molecule has 0 saturated heterocycles. The molecule has 3 aromatic rings. The lowest BCUT2D eigenvalue weighted by Crippen LogP contribution is -2.33. The average molecular weight is 439 g/mol. The summed E-state index contributed by atoms with van der Waals surface area (Å²) < 4.78 is 16.5. The maximum atomic E-state index is 12.8. The van der Waals surface area contributed by atoms with E-state index in [1.807, 2.05) is 30.5 Å². The van der Waals surface area contributed by atoms with Gasteiger partial charge in [-0.05, 0) is 37.6 Å². The molecule has 2 aromatic carbocycles. The average Bonchev–Trinajstić information content (AvgIpc) is 3.22. The number of ether oxygens (including phenoxy) is 3. The van der Waals surface area contributed by atoms with Crippen molar-refractivity contribution in [3.63, 3.8) is 0 Å². The van der Waals surface area contributed by atoms with E-state index in [1.54, 1.807) is 14.2 Å². The summed E-state index contributed by atoms with van der Waals surface area (Å²) in [6, 6.07) is 9.85. The van der Waals surface area contributed by atoms with E-state index in [-0.39, 0.29) is 18.4 Å². The molecule has 0 saturated carbocycles. The van der Waals surface area contributed by atoms with Crippen molar-refractivity contribution in [1.29, 1.82) is 0 Å². The summed E-state index contributed by atoms with van der Waals surface area (Å²) in [6.45, 7) is 4.70. The van der Waals surface area contributed by atoms with E-state index in [0.717, 1.165) is 39.6 Å². The van der Waals surface area contributed by atoms with Gasteiger partial charge in [0.05, 0.1) is 39.0 Å². The third kappa shape index (κ3) is 4.51. The van der Waals surface area contributed by atoms with E-state index in [9.17, 15) is 4.79 Å². The topological polar surface area (TPSA) is 69.7 Å². The molecule has 0 fully saturated rings. The van der Waals surface area contributed by atoms with Crippen LogP contribution in [-0.4, -0.2) is 31.7 Å². The van der Waals surface area contributed by atoms with Gasteiger partial charge in [0.15, 0.2) is 11.5 Å². The Morgan fingerprint density at radius 3 is 2.77 bits per heavy atom. The highest BCUT2D eigenvalue weighted by Gasteiger charge is 2.25. The van der Waals surface area contributed by atoms with Crippen LogP contribution in [0.3, 0.4) is 0 Å². The van der Waals surface area contributed by atoms with Crippen LogP contribution in [0.1, 0.15) is 34.8 Å². The summed E-state index contributed by atoms with van der Waals surface area (Å²) in [7, 11) is 3.22. The molecule has 4 rings (SSSR count). The molecule has 1 amide bonds. The summed E-state index contributed by atoms with van der Waals surface area (Å²) in [5.41, 5.74) is 5.01. The molecular weight excluding hydrogens is 412 g/mol. The van der Waals surface area contributed by atoms with Crippen molar-refractivity contribution in [2.45, 2.75) is 32.7 Å². The Labute approximate surface area is 186 Å². The van der Waals surface area contributed by atoms with Gasteiger partial charge in [-0.2, -0.15) is 0 Å². The maximum Gasteiger partial charge on any atom is 0.226 e. The van der Waals surface area contributed by atoms with E-state index >= 15 is 0 Å². The molecule has 1 aromatic heterocycles. The number of thiazole rings is 1. The summed E-state index contributed by atoms with van der Waals surface area (Å²) in [5.74, 6) is 2.18. The van der Waals surface area contributed by atoms with E-state index in [0.29, 0.717) is 18.1 Å². The Balaban J connectivity index is 1.46. The Kier molecular flexibility index (Phi) is 6.13. The van der Waals surface area contributed by atoms with Crippen LogP contribution in [-0.2, 0) is 11.2 Å². The number of aryl methyl sites for hydroxylation is 2. The second-order valence-electron chi connectivity index (χ2n) is 7.65. The monoisotopic (exact) mass is 438 g/mol. The van der Waals surface area contributed by atoms with Gasteiger partial charge >= 0.3 is 0 Å². The summed E-state index contributed by atoms with van der Waals surface area (Å²) in [6.07, 6.45) is 0.997. The number of fused-ring (bicyclic) bond motifs is 1. The second kappa shape index (κ2) is 8.98. The molecule has 1 aliphatic heterocycles. The van der Waals surface area contributed by atoms with Gasteiger partial charge < -0.3 is 19.5 Å². The van der Waals surface area contributed by atoms with Crippen LogP contribution in [0.5, 0.6) is 17.2 Å². The van der Waals surface area contributed by atoms with Crippen LogP contribution in [0.2, 0.25) is 0 Å². The lowest BCUT2D eigenvalue weighted by molar-refractivity contribution is -0.121. The second-order valence-corrected chi connectivity index (χ2v) is 8.51. The summed E-state index contributed by atoms with van der Waals surface area (Å²) >= 11 is 1.51. The molecule has 1 aliphatic rings. The first-order valence-electron chi connectivity index (χ1n) is 10.2. The largest absolute Gasteiger partial charge is 0.493 e. The Hall–Kier alpha value is -3.06. The van der Waals surface area contributed by atoms with E-state index in [4.69, 9.17) is 14.2 Å². The van der Waals surface area contributed by atoms with Gasteiger partial charge in [-0.15, -0.1) is 11.3 Å². The molecule has 0 spiro atoms. The Morgan fingerprint density at radius 1 is 1.19 bits per heavy atom. The molecule has 0 aliphatic carbocycles. The molecule has 2 heterocycles. The van der Waals surface area contributed by atoms with Gasteiger partial charge in [0.1, 0.15) is 10.8 Å². The fourth-order valence-electron chi connectivity index (χ4n) is 3.93. The van der Waals surface area contributed by atoms with Crippen molar-refractivity contribution in [2.24, 2.45) is 0 Å². The molecule has 6 nitrogen and oxygen atoms in total. The van der Waals surface area contributed by atoms with Crippen LogP contribution in [0.15, 0.2) is 35.7 Å². The van der Waals surface area contributed by atoms with E-state index < -0.39 is 0 Å².